The molecular formula is C7H15IN2O3. The molecule has 0 bridgehead atoms. The van der Waals surface area contributed by atoms with Crippen LogP contribution in [-0.2, 0) is 14.3 Å². The zero-order valence-electron chi connectivity index (χ0n) is 7.64. The second kappa shape index (κ2) is 10.2. The number of halogens is 1. The Balaban J connectivity index is 2.95. The van der Waals surface area contributed by atoms with Gasteiger partial charge in [0.1, 0.15) is 6.61 Å². The molecule has 0 aliphatic heterocycles. The monoisotopic (exact) mass is 302 g/mol. The lowest BCUT2D eigenvalue weighted by molar-refractivity contribution is -0.125. The molecule has 0 aromatic heterocycles. The Bertz CT molecular complexity index is 135. The average Bonchev–Trinajstić information content (AvgIpc) is 2.16. The van der Waals surface area contributed by atoms with Crippen LogP contribution >= 0.6 is 22.9 Å². The van der Waals surface area contributed by atoms with Crippen molar-refractivity contribution >= 4 is 28.8 Å². The van der Waals surface area contributed by atoms with Gasteiger partial charge in [-0.05, 0) is 0 Å². The highest BCUT2D eigenvalue weighted by Crippen LogP contribution is 1.79. The van der Waals surface area contributed by atoms with Crippen molar-refractivity contribution in [2.45, 2.75) is 0 Å². The molecule has 0 saturated heterocycles. The molecule has 1 amide bonds. The molecule has 13 heavy (non-hydrogen) atoms. The van der Waals surface area contributed by atoms with Gasteiger partial charge in [-0.25, -0.2) is 0 Å². The lowest BCUT2D eigenvalue weighted by atomic mass is 10.6. The van der Waals surface area contributed by atoms with E-state index in [1.807, 2.05) is 0 Å². The predicted octanol–water partition coefficient (Wildman–Crippen LogP) is -0.295. The first-order chi connectivity index (χ1) is 6.31. The van der Waals surface area contributed by atoms with E-state index < -0.39 is 0 Å². The van der Waals surface area contributed by atoms with Crippen molar-refractivity contribution in [3.8, 4) is 0 Å². The highest BCUT2D eigenvalue weighted by Gasteiger charge is 1.96. The van der Waals surface area contributed by atoms with E-state index in [0.717, 1.165) is 6.54 Å². The van der Waals surface area contributed by atoms with Gasteiger partial charge in [-0.1, -0.05) is 0 Å². The number of carbonyl (C=O) groups is 1. The maximum atomic E-state index is 10.7. The number of rotatable bonds is 8. The van der Waals surface area contributed by atoms with E-state index >= 15 is 0 Å². The van der Waals surface area contributed by atoms with Gasteiger partial charge < -0.3 is 14.8 Å². The summed E-state index contributed by atoms with van der Waals surface area (Å²) in [5.41, 5.74) is 0. The fourth-order valence-electron chi connectivity index (χ4n) is 0.568. The van der Waals surface area contributed by atoms with E-state index in [1.54, 1.807) is 7.05 Å². The first kappa shape index (κ1) is 13.1. The summed E-state index contributed by atoms with van der Waals surface area (Å²) in [6, 6.07) is 0. The fourth-order valence-corrected chi connectivity index (χ4v) is 0.788. The summed E-state index contributed by atoms with van der Waals surface area (Å²) in [6.07, 6.45) is 0. The van der Waals surface area contributed by atoms with Gasteiger partial charge in [0.25, 0.3) is 0 Å². The molecule has 0 rings (SSSR count). The van der Waals surface area contributed by atoms with Gasteiger partial charge in [-0.3, -0.25) is 8.32 Å². The van der Waals surface area contributed by atoms with Crippen LogP contribution in [0.15, 0.2) is 0 Å². The molecule has 0 heterocycles. The van der Waals surface area contributed by atoms with Gasteiger partial charge in [-0.2, -0.15) is 0 Å². The van der Waals surface area contributed by atoms with Crippen molar-refractivity contribution in [1.29, 1.82) is 0 Å². The van der Waals surface area contributed by atoms with Crippen LogP contribution in [-0.4, -0.2) is 45.9 Å². The predicted molar refractivity (Wildman–Crippen MR) is 57.7 cm³/mol. The van der Waals surface area contributed by atoms with Crippen LogP contribution in [0.3, 0.4) is 0 Å². The Morgan fingerprint density at radius 1 is 1.31 bits per heavy atom. The van der Waals surface area contributed by atoms with Gasteiger partial charge in [0.05, 0.1) is 19.8 Å². The van der Waals surface area contributed by atoms with Crippen LogP contribution in [0.25, 0.3) is 0 Å². The lowest BCUT2D eigenvalue weighted by Crippen LogP contribution is -2.24. The van der Waals surface area contributed by atoms with Gasteiger partial charge in [-0.15, -0.1) is 0 Å². The number of ether oxygens (including phenoxy) is 2. The van der Waals surface area contributed by atoms with Gasteiger partial charge in [0.15, 0.2) is 0 Å². The van der Waals surface area contributed by atoms with Crippen LogP contribution in [0.2, 0.25) is 0 Å². The minimum Gasteiger partial charge on any atom is -0.378 e. The summed E-state index contributed by atoms with van der Waals surface area (Å²) in [4.78, 5) is 10.7. The van der Waals surface area contributed by atoms with Crippen molar-refractivity contribution in [2.75, 3.05) is 40.0 Å². The number of nitrogens with one attached hydrogen (secondary N) is 2. The van der Waals surface area contributed by atoms with Crippen molar-refractivity contribution in [3.63, 3.8) is 0 Å². The molecule has 78 valence electrons. The molecule has 0 atom stereocenters. The maximum absolute atomic E-state index is 10.7. The Labute approximate surface area is 92.0 Å². The molecule has 0 radical (unpaired) electrons. The van der Waals surface area contributed by atoms with Crippen molar-refractivity contribution < 1.29 is 14.3 Å². The van der Waals surface area contributed by atoms with Crippen LogP contribution in [0.1, 0.15) is 0 Å². The molecule has 0 aliphatic carbocycles. The van der Waals surface area contributed by atoms with E-state index in [9.17, 15) is 4.79 Å². The third-order valence-corrected chi connectivity index (χ3v) is 1.76. The normalized spacial score (nSPS) is 10.0. The van der Waals surface area contributed by atoms with Gasteiger partial charge in [0.2, 0.25) is 5.91 Å². The molecule has 0 aromatic carbocycles. The molecule has 2 N–H and O–H groups in total. The standard InChI is InChI=1S/C7H15IN2O3/c1-9-7(11)6-13-5-4-12-3-2-10-8/h10H,2-6H2,1H3,(H,9,11). The fraction of sp³-hybridized carbons (Fsp3) is 0.857. The second-order valence-electron chi connectivity index (χ2n) is 2.22. The maximum Gasteiger partial charge on any atom is 0.245 e. The lowest BCUT2D eigenvalue weighted by Gasteiger charge is -2.04. The minimum atomic E-state index is -0.117. The summed E-state index contributed by atoms with van der Waals surface area (Å²) in [5.74, 6) is -0.117. The quantitative estimate of drug-likeness (QED) is 0.367. The topological polar surface area (TPSA) is 59.6 Å². The SMILES string of the molecule is CNC(=O)COCCOCCNI. The van der Waals surface area contributed by atoms with Crippen LogP contribution in [0.5, 0.6) is 0 Å². The first-order valence-electron chi connectivity index (χ1n) is 4.00. The summed E-state index contributed by atoms with van der Waals surface area (Å²) in [6.45, 7) is 2.55. The molecule has 5 nitrogen and oxygen atoms in total. The molecular weight excluding hydrogens is 287 g/mol. The van der Waals surface area contributed by atoms with E-state index in [2.05, 4.69) is 31.7 Å². The molecule has 0 saturated carbocycles. The Morgan fingerprint density at radius 2 is 2.00 bits per heavy atom. The van der Waals surface area contributed by atoms with E-state index in [1.165, 1.54) is 0 Å². The second-order valence-corrected chi connectivity index (χ2v) is 2.98. The Kier molecular flexibility index (Phi) is 10.2. The first-order valence-corrected chi connectivity index (χ1v) is 5.08. The van der Waals surface area contributed by atoms with E-state index in [4.69, 9.17) is 9.47 Å². The summed E-state index contributed by atoms with van der Waals surface area (Å²) in [5, 5.41) is 2.46. The highest BCUT2D eigenvalue weighted by molar-refractivity contribution is 14.1. The molecule has 6 heteroatoms. The molecule has 0 aromatic rings. The third-order valence-electron chi connectivity index (χ3n) is 1.22. The number of amides is 1. The number of likely N-dealkylation sites (N-methyl/N-ethyl adjacent to an activating group) is 1. The highest BCUT2D eigenvalue weighted by atomic mass is 127. The van der Waals surface area contributed by atoms with Gasteiger partial charge >= 0.3 is 0 Å². The molecule has 0 aliphatic rings. The van der Waals surface area contributed by atoms with Crippen LogP contribution < -0.4 is 8.85 Å². The largest absolute Gasteiger partial charge is 0.378 e. The van der Waals surface area contributed by atoms with Crippen LogP contribution in [0, 0.1) is 0 Å². The van der Waals surface area contributed by atoms with Crippen molar-refractivity contribution in [3.05, 3.63) is 0 Å². The summed E-state index contributed by atoms with van der Waals surface area (Å²) in [7, 11) is 1.58. The van der Waals surface area contributed by atoms with E-state index in [-0.39, 0.29) is 12.5 Å². The number of hydrogen-bond donors (Lipinski definition) is 2. The third kappa shape index (κ3) is 10.00. The molecule has 0 fully saturated rings. The zero-order chi connectivity index (χ0) is 9.94. The Hall–Kier alpha value is 0.0800. The van der Waals surface area contributed by atoms with Gasteiger partial charge in [0, 0.05) is 36.5 Å². The number of carbonyl (C=O) groups excluding carboxylic acids is 1. The Morgan fingerprint density at radius 3 is 2.62 bits per heavy atom. The zero-order valence-corrected chi connectivity index (χ0v) is 9.80. The number of hydrogen-bond acceptors (Lipinski definition) is 4. The molecule has 0 spiro atoms. The molecule has 0 unspecified atom stereocenters. The minimum absolute atomic E-state index is 0.102. The summed E-state index contributed by atoms with van der Waals surface area (Å²) < 4.78 is 13.1. The summed E-state index contributed by atoms with van der Waals surface area (Å²) >= 11 is 2.06. The van der Waals surface area contributed by atoms with Crippen molar-refractivity contribution in [1.82, 2.24) is 8.85 Å². The van der Waals surface area contributed by atoms with Crippen molar-refractivity contribution in [2.24, 2.45) is 0 Å². The smallest absolute Gasteiger partial charge is 0.245 e. The van der Waals surface area contributed by atoms with Crippen LogP contribution in [0.4, 0.5) is 0 Å². The average molecular weight is 302 g/mol. The van der Waals surface area contributed by atoms with E-state index in [0.29, 0.717) is 19.8 Å².